The molecule has 1 aromatic heterocycles. The van der Waals surface area contributed by atoms with Gasteiger partial charge in [-0.25, -0.2) is 0 Å². The number of nitrogens with zero attached hydrogens (tertiary/aromatic N) is 2. The second kappa shape index (κ2) is 10.5. The zero-order chi connectivity index (χ0) is 20.8. The van der Waals surface area contributed by atoms with Gasteiger partial charge in [-0.2, -0.15) is 0 Å². The van der Waals surface area contributed by atoms with Crippen LogP contribution in [0.4, 0.5) is 0 Å². The molecule has 0 atom stereocenters. The third-order valence-corrected chi connectivity index (χ3v) is 6.40. The van der Waals surface area contributed by atoms with E-state index in [0.29, 0.717) is 24.0 Å². The van der Waals surface area contributed by atoms with E-state index in [-0.39, 0.29) is 5.91 Å². The Hall–Kier alpha value is -1.83. The molecule has 3 heterocycles. The molecule has 2 saturated heterocycles. The van der Waals surface area contributed by atoms with E-state index in [1.165, 1.54) is 6.42 Å². The van der Waals surface area contributed by atoms with Gasteiger partial charge in [0.25, 0.3) is 5.91 Å². The highest BCUT2D eigenvalue weighted by Crippen LogP contribution is 2.24. The van der Waals surface area contributed by atoms with Crippen LogP contribution in [0.1, 0.15) is 35.6 Å². The van der Waals surface area contributed by atoms with Crippen molar-refractivity contribution >= 4 is 21.8 Å². The van der Waals surface area contributed by atoms with Crippen molar-refractivity contribution in [1.82, 2.24) is 9.80 Å². The van der Waals surface area contributed by atoms with Crippen LogP contribution in [0.3, 0.4) is 0 Å². The molecule has 1 aromatic carbocycles. The molecule has 2 aliphatic heterocycles. The lowest BCUT2D eigenvalue weighted by Gasteiger charge is -2.33. The first-order chi connectivity index (χ1) is 14.7. The minimum atomic E-state index is -0.0182. The van der Waals surface area contributed by atoms with Crippen LogP contribution in [0.5, 0.6) is 5.75 Å². The van der Waals surface area contributed by atoms with Gasteiger partial charge in [0, 0.05) is 30.7 Å². The van der Waals surface area contributed by atoms with E-state index in [2.05, 4.69) is 20.8 Å². The number of piperidine rings is 1. The molecule has 2 aromatic rings. The van der Waals surface area contributed by atoms with Gasteiger partial charge in [-0.05, 0) is 62.1 Å². The standard InChI is InChI=1S/C23H29BrN2O4/c24-19-2-1-3-20(16-19)29-17-21-4-5-22(30-21)23(27)26-10-7-18(8-11-26)6-9-25-12-14-28-15-13-25/h1-5,16,18H,6-15,17H2. The smallest absolute Gasteiger partial charge is 0.289 e. The summed E-state index contributed by atoms with van der Waals surface area (Å²) in [4.78, 5) is 17.2. The fourth-order valence-corrected chi connectivity index (χ4v) is 4.43. The molecule has 0 aliphatic carbocycles. The number of benzene rings is 1. The Labute approximate surface area is 186 Å². The molecule has 1 amide bonds. The highest BCUT2D eigenvalue weighted by Gasteiger charge is 2.26. The lowest BCUT2D eigenvalue weighted by molar-refractivity contribution is 0.0330. The molecule has 0 spiro atoms. The van der Waals surface area contributed by atoms with Gasteiger partial charge in [-0.1, -0.05) is 22.0 Å². The van der Waals surface area contributed by atoms with Crippen molar-refractivity contribution in [1.29, 1.82) is 0 Å². The van der Waals surface area contributed by atoms with Gasteiger partial charge < -0.3 is 18.8 Å². The third-order valence-electron chi connectivity index (χ3n) is 5.91. The molecule has 7 heteroatoms. The summed E-state index contributed by atoms with van der Waals surface area (Å²) < 4.78 is 17.9. The Morgan fingerprint density at radius 2 is 1.90 bits per heavy atom. The highest BCUT2D eigenvalue weighted by atomic mass is 79.9. The summed E-state index contributed by atoms with van der Waals surface area (Å²) in [5.41, 5.74) is 0. The van der Waals surface area contributed by atoms with Gasteiger partial charge in [-0.3, -0.25) is 9.69 Å². The first-order valence-corrected chi connectivity index (χ1v) is 11.5. The van der Waals surface area contributed by atoms with Crippen molar-refractivity contribution < 1.29 is 18.7 Å². The zero-order valence-corrected chi connectivity index (χ0v) is 18.8. The van der Waals surface area contributed by atoms with Gasteiger partial charge >= 0.3 is 0 Å². The average molecular weight is 477 g/mol. The molecular formula is C23H29BrN2O4. The molecule has 2 fully saturated rings. The van der Waals surface area contributed by atoms with Gasteiger partial charge in [0.1, 0.15) is 18.1 Å². The lowest BCUT2D eigenvalue weighted by atomic mass is 9.93. The first-order valence-electron chi connectivity index (χ1n) is 10.7. The lowest BCUT2D eigenvalue weighted by Crippen LogP contribution is -2.40. The fraction of sp³-hybridized carbons (Fsp3) is 0.522. The average Bonchev–Trinajstić information content (AvgIpc) is 3.26. The van der Waals surface area contributed by atoms with Gasteiger partial charge in [0.15, 0.2) is 5.76 Å². The molecule has 0 unspecified atom stereocenters. The summed E-state index contributed by atoms with van der Waals surface area (Å²) in [7, 11) is 0. The van der Waals surface area contributed by atoms with Crippen LogP contribution < -0.4 is 4.74 Å². The monoisotopic (exact) mass is 476 g/mol. The number of carbonyl (C=O) groups excluding carboxylic acids is 1. The topological polar surface area (TPSA) is 55.2 Å². The number of carbonyl (C=O) groups is 1. The van der Waals surface area contributed by atoms with Crippen LogP contribution in [-0.4, -0.2) is 61.6 Å². The predicted octanol–water partition coefficient (Wildman–Crippen LogP) is 4.20. The maximum absolute atomic E-state index is 12.8. The number of rotatable bonds is 7. The van der Waals surface area contributed by atoms with Crippen molar-refractivity contribution in [3.63, 3.8) is 0 Å². The number of likely N-dealkylation sites (tertiary alicyclic amines) is 1. The van der Waals surface area contributed by atoms with Gasteiger partial charge in [0.05, 0.1) is 13.2 Å². The van der Waals surface area contributed by atoms with E-state index >= 15 is 0 Å². The summed E-state index contributed by atoms with van der Waals surface area (Å²) in [5.74, 6) is 2.49. The van der Waals surface area contributed by atoms with Crippen molar-refractivity contribution in [2.75, 3.05) is 45.9 Å². The molecule has 6 nitrogen and oxygen atoms in total. The minimum absolute atomic E-state index is 0.0182. The number of morpholine rings is 1. The van der Waals surface area contributed by atoms with E-state index < -0.39 is 0 Å². The van der Waals surface area contributed by atoms with Crippen LogP contribution >= 0.6 is 15.9 Å². The molecule has 0 saturated carbocycles. The third kappa shape index (κ3) is 5.86. The number of amides is 1. The van der Waals surface area contributed by atoms with E-state index in [0.717, 1.165) is 69.0 Å². The molecule has 162 valence electrons. The van der Waals surface area contributed by atoms with Crippen LogP contribution in [0.2, 0.25) is 0 Å². The van der Waals surface area contributed by atoms with E-state index in [9.17, 15) is 4.79 Å². The van der Waals surface area contributed by atoms with Crippen molar-refractivity contribution in [2.24, 2.45) is 5.92 Å². The van der Waals surface area contributed by atoms with Crippen LogP contribution in [0, 0.1) is 5.92 Å². The number of furan rings is 1. The summed E-state index contributed by atoms with van der Waals surface area (Å²) >= 11 is 3.43. The van der Waals surface area contributed by atoms with Gasteiger partial charge in [-0.15, -0.1) is 0 Å². The normalized spacial score (nSPS) is 18.5. The largest absolute Gasteiger partial charge is 0.486 e. The summed E-state index contributed by atoms with van der Waals surface area (Å²) in [6.45, 7) is 6.84. The fourth-order valence-electron chi connectivity index (χ4n) is 4.05. The van der Waals surface area contributed by atoms with E-state index in [4.69, 9.17) is 13.9 Å². The second-order valence-corrected chi connectivity index (χ2v) is 8.91. The maximum Gasteiger partial charge on any atom is 0.289 e. The molecule has 0 bridgehead atoms. The molecule has 0 N–H and O–H groups in total. The number of hydrogen-bond donors (Lipinski definition) is 0. The number of ether oxygens (including phenoxy) is 2. The highest BCUT2D eigenvalue weighted by molar-refractivity contribution is 9.10. The summed E-state index contributed by atoms with van der Waals surface area (Å²) in [6, 6.07) is 11.2. The Morgan fingerprint density at radius 3 is 2.67 bits per heavy atom. The van der Waals surface area contributed by atoms with Crippen LogP contribution in [-0.2, 0) is 11.3 Å². The molecule has 0 radical (unpaired) electrons. The molecule has 2 aliphatic rings. The number of halogens is 1. The maximum atomic E-state index is 12.8. The Balaban J connectivity index is 1.21. The van der Waals surface area contributed by atoms with Crippen LogP contribution in [0.25, 0.3) is 0 Å². The van der Waals surface area contributed by atoms with Crippen LogP contribution in [0.15, 0.2) is 45.3 Å². The van der Waals surface area contributed by atoms with Crippen molar-refractivity contribution in [3.05, 3.63) is 52.4 Å². The number of hydrogen-bond acceptors (Lipinski definition) is 5. The van der Waals surface area contributed by atoms with Gasteiger partial charge in [0.2, 0.25) is 0 Å². The molecular weight excluding hydrogens is 448 g/mol. The zero-order valence-electron chi connectivity index (χ0n) is 17.2. The molecule has 4 rings (SSSR count). The van der Waals surface area contributed by atoms with Crippen molar-refractivity contribution in [3.8, 4) is 5.75 Å². The Morgan fingerprint density at radius 1 is 1.10 bits per heavy atom. The first kappa shape index (κ1) is 21.4. The second-order valence-electron chi connectivity index (χ2n) is 7.99. The SMILES string of the molecule is O=C(c1ccc(COc2cccc(Br)c2)o1)N1CCC(CCN2CCOCC2)CC1. The summed E-state index contributed by atoms with van der Waals surface area (Å²) in [5, 5.41) is 0. The van der Waals surface area contributed by atoms with E-state index in [1.807, 2.05) is 35.2 Å². The molecule has 30 heavy (non-hydrogen) atoms. The Kier molecular flexibility index (Phi) is 7.47. The predicted molar refractivity (Wildman–Crippen MR) is 118 cm³/mol. The Bertz CT molecular complexity index is 826. The quantitative estimate of drug-likeness (QED) is 0.599. The van der Waals surface area contributed by atoms with E-state index in [1.54, 1.807) is 6.07 Å². The summed E-state index contributed by atoms with van der Waals surface area (Å²) in [6.07, 6.45) is 3.34. The minimum Gasteiger partial charge on any atom is -0.486 e. The van der Waals surface area contributed by atoms with Crippen molar-refractivity contribution in [2.45, 2.75) is 25.9 Å².